The van der Waals surface area contributed by atoms with E-state index in [2.05, 4.69) is 10.6 Å². The average Bonchev–Trinajstić information content (AvgIpc) is 3.33. The SMILES string of the molecule is CC(=O)SC[C@@H](C)C(=O)[N-]c1c[n+](N2CCN(C(=O)C3=CC(C)(C)Oc4ccc([N+](=O)[O-])cc43)CC2)no1. The summed E-state index contributed by atoms with van der Waals surface area (Å²) >= 11 is 1.06. The zero-order chi connectivity index (χ0) is 27.6. The molecule has 0 unspecified atom stereocenters. The Morgan fingerprint density at radius 2 is 1.97 bits per heavy atom. The second-order valence-corrected chi connectivity index (χ2v) is 10.8. The molecule has 0 spiro atoms. The van der Waals surface area contributed by atoms with Crippen LogP contribution in [0.3, 0.4) is 0 Å². The molecule has 0 bridgehead atoms. The van der Waals surface area contributed by atoms with Crippen molar-refractivity contribution in [2.75, 3.05) is 36.9 Å². The Balaban J connectivity index is 1.40. The summed E-state index contributed by atoms with van der Waals surface area (Å²) in [6, 6.07) is 4.24. The number of nitro groups is 1. The standard InChI is InChI=1S/C24H28N6O7S/c1-15(14-38-16(2)31)22(32)25-21-13-29(26-37-21)28-9-7-27(8-10-28)23(33)19-12-24(3,4)36-20-6-5-17(30(34)35)11-18(19)20/h5-6,11-13,15H,7-10,14H2,1-4H3/t15-/m1/s1. The summed E-state index contributed by atoms with van der Waals surface area (Å²) in [5.41, 5.74) is -0.126. The van der Waals surface area contributed by atoms with E-state index in [4.69, 9.17) is 9.26 Å². The maximum Gasteiger partial charge on any atom is 0.270 e. The van der Waals surface area contributed by atoms with Gasteiger partial charge in [0.15, 0.2) is 5.12 Å². The van der Waals surface area contributed by atoms with Crippen LogP contribution in [-0.2, 0) is 14.4 Å². The van der Waals surface area contributed by atoms with Gasteiger partial charge in [-0.1, -0.05) is 18.7 Å². The van der Waals surface area contributed by atoms with Crippen molar-refractivity contribution < 1.29 is 33.4 Å². The van der Waals surface area contributed by atoms with E-state index in [-0.39, 0.29) is 22.6 Å². The van der Waals surface area contributed by atoms with Gasteiger partial charge in [0.05, 0.1) is 34.3 Å². The molecule has 3 heterocycles. The number of hydrogen-bond donors (Lipinski definition) is 0. The topological polar surface area (TPSA) is 154 Å². The highest BCUT2D eigenvalue weighted by atomic mass is 32.2. The molecule has 2 aromatic rings. The molecule has 2 aliphatic rings. The van der Waals surface area contributed by atoms with Gasteiger partial charge in [0.2, 0.25) is 5.27 Å². The Kier molecular flexibility index (Phi) is 7.71. The van der Waals surface area contributed by atoms with Gasteiger partial charge in [0.1, 0.15) is 17.2 Å². The van der Waals surface area contributed by atoms with Gasteiger partial charge in [-0.05, 0) is 26.0 Å². The molecule has 0 N–H and O–H groups in total. The van der Waals surface area contributed by atoms with Crippen LogP contribution in [0.5, 0.6) is 5.75 Å². The lowest BCUT2D eigenvalue weighted by atomic mass is 9.93. The van der Waals surface area contributed by atoms with Crippen molar-refractivity contribution in [3.63, 3.8) is 0 Å². The quantitative estimate of drug-likeness (QED) is 0.288. The van der Waals surface area contributed by atoms with Crippen LogP contribution in [0.2, 0.25) is 0 Å². The van der Waals surface area contributed by atoms with Gasteiger partial charge in [-0.3, -0.25) is 19.7 Å². The van der Waals surface area contributed by atoms with Crippen molar-refractivity contribution in [3.05, 3.63) is 51.5 Å². The van der Waals surface area contributed by atoms with E-state index in [1.165, 1.54) is 36.1 Å². The molecule has 0 aliphatic carbocycles. The number of carbonyl (C=O) groups is 3. The maximum absolute atomic E-state index is 13.5. The number of rotatable bonds is 7. The minimum Gasteiger partial charge on any atom is -0.588 e. The molecule has 2 amide bonds. The van der Waals surface area contributed by atoms with Gasteiger partial charge in [-0.2, -0.15) is 0 Å². The molecular weight excluding hydrogens is 516 g/mol. The summed E-state index contributed by atoms with van der Waals surface area (Å²) < 4.78 is 11.1. The van der Waals surface area contributed by atoms with Crippen LogP contribution in [0.4, 0.5) is 11.6 Å². The van der Waals surface area contributed by atoms with Gasteiger partial charge < -0.3 is 24.3 Å². The Labute approximate surface area is 222 Å². The highest BCUT2D eigenvalue weighted by molar-refractivity contribution is 8.13. The van der Waals surface area contributed by atoms with E-state index in [1.54, 1.807) is 17.9 Å². The molecule has 38 heavy (non-hydrogen) atoms. The molecular formula is C24H28N6O7S. The van der Waals surface area contributed by atoms with Gasteiger partial charge >= 0.3 is 0 Å². The molecule has 1 saturated heterocycles. The van der Waals surface area contributed by atoms with Crippen LogP contribution in [0.25, 0.3) is 10.9 Å². The predicted octanol–water partition coefficient (Wildman–Crippen LogP) is 2.35. The molecule has 202 valence electrons. The van der Waals surface area contributed by atoms with Crippen molar-refractivity contribution in [2.24, 2.45) is 5.92 Å². The third-order valence-electron chi connectivity index (χ3n) is 6.02. The number of benzene rings is 1. The fraction of sp³-hybridized carbons (Fsp3) is 0.458. The molecule has 13 nitrogen and oxygen atoms in total. The molecule has 1 atom stereocenters. The molecule has 1 aromatic carbocycles. The molecule has 0 saturated carbocycles. The Bertz CT molecular complexity index is 1300. The van der Waals surface area contributed by atoms with E-state index in [0.717, 1.165) is 11.8 Å². The first-order valence-corrected chi connectivity index (χ1v) is 12.9. The van der Waals surface area contributed by atoms with Crippen molar-refractivity contribution in [3.8, 4) is 5.75 Å². The molecule has 2 aliphatic heterocycles. The average molecular weight is 545 g/mol. The smallest absolute Gasteiger partial charge is 0.270 e. The molecule has 14 heteroatoms. The highest BCUT2D eigenvalue weighted by Crippen LogP contribution is 2.39. The monoisotopic (exact) mass is 544 g/mol. The predicted molar refractivity (Wildman–Crippen MR) is 137 cm³/mol. The Hall–Kier alpha value is -3.94. The third kappa shape index (κ3) is 6.13. The second kappa shape index (κ2) is 10.8. The highest BCUT2D eigenvalue weighted by Gasteiger charge is 2.35. The van der Waals surface area contributed by atoms with Crippen LogP contribution < -0.4 is 14.5 Å². The second-order valence-electron chi connectivity index (χ2n) is 9.56. The summed E-state index contributed by atoms with van der Waals surface area (Å²) in [6.07, 6.45) is 3.18. The number of aromatic nitrogens is 2. The number of piperazine rings is 1. The summed E-state index contributed by atoms with van der Waals surface area (Å²) in [5.74, 6) is -0.311. The largest absolute Gasteiger partial charge is 0.588 e. The number of hydrogen-bond acceptors (Lipinski definition) is 10. The van der Waals surface area contributed by atoms with E-state index in [9.17, 15) is 24.5 Å². The number of carbonyl (C=O) groups excluding carboxylic acids is 3. The first-order valence-electron chi connectivity index (χ1n) is 12.0. The molecule has 0 radical (unpaired) electrons. The molecule has 4 rings (SSSR count). The van der Waals surface area contributed by atoms with Gasteiger partial charge in [0, 0.05) is 49.4 Å². The van der Waals surface area contributed by atoms with E-state index < -0.39 is 22.3 Å². The maximum atomic E-state index is 13.5. The van der Waals surface area contributed by atoms with Crippen LogP contribution in [0, 0.1) is 16.0 Å². The number of amides is 2. The number of nitrogens with zero attached hydrogens (tertiary/aromatic N) is 6. The number of non-ortho nitro benzene ring substituents is 1. The first kappa shape index (κ1) is 27.1. The van der Waals surface area contributed by atoms with E-state index >= 15 is 0 Å². The van der Waals surface area contributed by atoms with E-state index in [0.29, 0.717) is 48.8 Å². The normalized spacial score (nSPS) is 17.1. The number of nitro benzene ring substituents is 1. The van der Waals surface area contributed by atoms with Gasteiger partial charge in [-0.25, -0.2) is 0 Å². The van der Waals surface area contributed by atoms with Crippen LogP contribution in [0.1, 0.15) is 33.3 Å². The van der Waals surface area contributed by atoms with E-state index in [1.807, 2.05) is 18.9 Å². The van der Waals surface area contributed by atoms with Gasteiger partial charge in [-0.15, -0.1) is 5.01 Å². The molecule has 1 fully saturated rings. The number of ether oxygens (including phenoxy) is 1. The minimum atomic E-state index is -0.758. The fourth-order valence-electron chi connectivity index (χ4n) is 4.06. The van der Waals surface area contributed by atoms with Crippen molar-refractivity contribution >= 4 is 45.8 Å². The summed E-state index contributed by atoms with van der Waals surface area (Å²) in [4.78, 5) is 50.8. The van der Waals surface area contributed by atoms with Crippen molar-refractivity contribution in [1.82, 2.24) is 10.2 Å². The minimum absolute atomic E-state index is 0.0426. The van der Waals surface area contributed by atoms with Gasteiger partial charge in [0.25, 0.3) is 17.8 Å². The molecule has 1 aromatic heterocycles. The Morgan fingerprint density at radius 3 is 2.63 bits per heavy atom. The summed E-state index contributed by atoms with van der Waals surface area (Å²) in [7, 11) is 0. The van der Waals surface area contributed by atoms with Crippen molar-refractivity contribution in [1.29, 1.82) is 0 Å². The summed E-state index contributed by atoms with van der Waals surface area (Å²) in [6.45, 7) is 8.36. The lowest BCUT2D eigenvalue weighted by Crippen LogP contribution is -2.66. The summed E-state index contributed by atoms with van der Waals surface area (Å²) in [5, 5.41) is 20.9. The fourth-order valence-corrected chi connectivity index (χ4v) is 4.69. The lowest BCUT2D eigenvalue weighted by molar-refractivity contribution is -0.759. The number of thioether (sulfide) groups is 1. The van der Waals surface area contributed by atoms with Crippen molar-refractivity contribution in [2.45, 2.75) is 33.3 Å². The Morgan fingerprint density at radius 1 is 1.26 bits per heavy atom. The third-order valence-corrected chi connectivity index (χ3v) is 7.09. The van der Waals surface area contributed by atoms with Crippen LogP contribution in [0.15, 0.2) is 35.0 Å². The zero-order valence-electron chi connectivity index (χ0n) is 21.4. The van der Waals surface area contributed by atoms with Crippen LogP contribution in [-0.4, -0.2) is 69.6 Å². The number of fused-ring (bicyclic) bond motifs is 1. The van der Waals surface area contributed by atoms with Crippen LogP contribution >= 0.6 is 11.8 Å². The first-order chi connectivity index (χ1) is 17.9. The lowest BCUT2D eigenvalue weighted by Gasteiger charge is -2.34. The zero-order valence-corrected chi connectivity index (χ0v) is 22.3.